The first-order valence-corrected chi connectivity index (χ1v) is 6.15. The summed E-state index contributed by atoms with van der Waals surface area (Å²) in [5.74, 6) is 0.769. The van der Waals surface area contributed by atoms with E-state index in [1.54, 1.807) is 12.4 Å². The first-order valence-electron chi connectivity index (χ1n) is 6.15. The predicted molar refractivity (Wildman–Crippen MR) is 65.9 cm³/mol. The Morgan fingerprint density at radius 1 is 1.47 bits per heavy atom. The van der Waals surface area contributed by atoms with Crippen molar-refractivity contribution < 1.29 is 9.47 Å². The molecule has 4 nitrogen and oxygen atoms in total. The van der Waals surface area contributed by atoms with Gasteiger partial charge >= 0.3 is 0 Å². The topological polar surface area (TPSA) is 57.4 Å². The molecule has 2 unspecified atom stereocenters. The Morgan fingerprint density at radius 3 is 2.94 bits per heavy atom. The van der Waals surface area contributed by atoms with Gasteiger partial charge in [0, 0.05) is 12.8 Å². The van der Waals surface area contributed by atoms with Crippen LogP contribution in [0.5, 0.6) is 5.75 Å². The average molecular weight is 236 g/mol. The van der Waals surface area contributed by atoms with Gasteiger partial charge in [-0.3, -0.25) is 4.98 Å². The molecule has 4 heteroatoms. The van der Waals surface area contributed by atoms with E-state index in [0.29, 0.717) is 0 Å². The monoisotopic (exact) mass is 236 g/mol. The van der Waals surface area contributed by atoms with Crippen molar-refractivity contribution in [3.8, 4) is 5.75 Å². The predicted octanol–water partition coefficient (Wildman–Crippen LogP) is 2.05. The molecule has 94 valence electrons. The van der Waals surface area contributed by atoms with Crippen LogP contribution in [0.25, 0.3) is 0 Å². The van der Waals surface area contributed by atoms with Gasteiger partial charge < -0.3 is 15.2 Å². The molecular formula is C13H20N2O2. The maximum absolute atomic E-state index is 6.18. The third kappa shape index (κ3) is 3.17. The van der Waals surface area contributed by atoms with E-state index < -0.39 is 0 Å². The fourth-order valence-corrected chi connectivity index (χ4v) is 2.05. The Kier molecular flexibility index (Phi) is 3.97. The standard InChI is InChI=1S/C13H20N2O2/c1-9(2)17-11-6-10(7-15-8-11)13(14)12-4-3-5-16-12/h6-9,12-13H,3-5,14H2,1-2H3. The molecule has 1 aliphatic heterocycles. The first-order chi connectivity index (χ1) is 8.16. The van der Waals surface area contributed by atoms with Crippen molar-refractivity contribution in [2.24, 2.45) is 5.73 Å². The van der Waals surface area contributed by atoms with Crippen LogP contribution in [-0.4, -0.2) is 23.8 Å². The maximum atomic E-state index is 6.18. The van der Waals surface area contributed by atoms with Gasteiger partial charge in [0.15, 0.2) is 0 Å². The van der Waals surface area contributed by atoms with E-state index in [9.17, 15) is 0 Å². The van der Waals surface area contributed by atoms with Gasteiger partial charge in [-0.05, 0) is 38.3 Å². The minimum atomic E-state index is -0.110. The summed E-state index contributed by atoms with van der Waals surface area (Å²) in [6, 6.07) is 1.85. The van der Waals surface area contributed by atoms with Crippen LogP contribution >= 0.6 is 0 Å². The van der Waals surface area contributed by atoms with E-state index in [2.05, 4.69) is 4.98 Å². The largest absolute Gasteiger partial charge is 0.489 e. The third-order valence-electron chi connectivity index (χ3n) is 2.86. The van der Waals surface area contributed by atoms with Crippen LogP contribution in [-0.2, 0) is 4.74 Å². The van der Waals surface area contributed by atoms with E-state index in [1.165, 1.54) is 0 Å². The number of nitrogens with two attached hydrogens (primary N) is 1. The summed E-state index contributed by atoms with van der Waals surface area (Å²) >= 11 is 0. The number of ether oxygens (including phenoxy) is 2. The SMILES string of the molecule is CC(C)Oc1cncc(C(N)C2CCCO2)c1. The van der Waals surface area contributed by atoms with Crippen molar-refractivity contribution in [2.75, 3.05) is 6.61 Å². The molecule has 1 aliphatic rings. The molecule has 1 fully saturated rings. The Labute approximate surface area is 102 Å². The van der Waals surface area contributed by atoms with Crippen molar-refractivity contribution in [1.82, 2.24) is 4.98 Å². The summed E-state index contributed by atoms with van der Waals surface area (Å²) < 4.78 is 11.2. The highest BCUT2D eigenvalue weighted by Gasteiger charge is 2.24. The Hall–Kier alpha value is -1.13. The molecule has 0 saturated carbocycles. The van der Waals surface area contributed by atoms with Gasteiger partial charge in [-0.1, -0.05) is 0 Å². The number of rotatable bonds is 4. The Morgan fingerprint density at radius 2 is 2.29 bits per heavy atom. The number of hydrogen-bond donors (Lipinski definition) is 1. The fraction of sp³-hybridized carbons (Fsp3) is 0.615. The second kappa shape index (κ2) is 5.47. The highest BCUT2D eigenvalue weighted by Crippen LogP contribution is 2.26. The minimum Gasteiger partial charge on any atom is -0.489 e. The van der Waals surface area contributed by atoms with E-state index in [4.69, 9.17) is 15.2 Å². The molecule has 1 saturated heterocycles. The van der Waals surface area contributed by atoms with Gasteiger partial charge in [0.25, 0.3) is 0 Å². The molecule has 0 spiro atoms. The summed E-state index contributed by atoms with van der Waals surface area (Å²) in [7, 11) is 0. The molecule has 2 heterocycles. The molecule has 1 aromatic heterocycles. The van der Waals surface area contributed by atoms with Crippen LogP contribution in [0.4, 0.5) is 0 Å². The van der Waals surface area contributed by atoms with Crippen LogP contribution in [0.15, 0.2) is 18.5 Å². The minimum absolute atomic E-state index is 0.110. The normalized spacial score (nSPS) is 21.8. The second-order valence-corrected chi connectivity index (χ2v) is 4.70. The van der Waals surface area contributed by atoms with Crippen LogP contribution in [0.1, 0.15) is 38.3 Å². The van der Waals surface area contributed by atoms with Crippen LogP contribution < -0.4 is 10.5 Å². The van der Waals surface area contributed by atoms with Gasteiger partial charge in [-0.25, -0.2) is 0 Å². The molecule has 0 aliphatic carbocycles. The highest BCUT2D eigenvalue weighted by atomic mass is 16.5. The highest BCUT2D eigenvalue weighted by molar-refractivity contribution is 5.26. The summed E-state index contributed by atoms with van der Waals surface area (Å²) in [6.45, 7) is 4.80. The number of aromatic nitrogens is 1. The first kappa shape index (κ1) is 12.3. The average Bonchev–Trinajstić information content (AvgIpc) is 2.81. The van der Waals surface area contributed by atoms with Crippen molar-refractivity contribution in [1.29, 1.82) is 0 Å². The molecule has 2 N–H and O–H groups in total. The third-order valence-corrected chi connectivity index (χ3v) is 2.86. The molecule has 0 aromatic carbocycles. The van der Waals surface area contributed by atoms with Gasteiger partial charge in [-0.15, -0.1) is 0 Å². The maximum Gasteiger partial charge on any atom is 0.138 e. The Bertz CT molecular complexity index is 362. The quantitative estimate of drug-likeness (QED) is 0.869. The van der Waals surface area contributed by atoms with Gasteiger partial charge in [0.05, 0.1) is 24.4 Å². The van der Waals surface area contributed by atoms with Crippen LogP contribution in [0, 0.1) is 0 Å². The van der Waals surface area contributed by atoms with E-state index in [-0.39, 0.29) is 18.2 Å². The lowest BCUT2D eigenvalue weighted by Crippen LogP contribution is -2.25. The zero-order valence-electron chi connectivity index (χ0n) is 10.4. The molecule has 1 aromatic rings. The van der Waals surface area contributed by atoms with Crippen molar-refractivity contribution in [2.45, 2.75) is 44.9 Å². The smallest absolute Gasteiger partial charge is 0.138 e. The molecular weight excluding hydrogens is 216 g/mol. The van der Waals surface area contributed by atoms with E-state index in [1.807, 2.05) is 19.9 Å². The van der Waals surface area contributed by atoms with Crippen LogP contribution in [0.2, 0.25) is 0 Å². The van der Waals surface area contributed by atoms with Gasteiger partial charge in [0.2, 0.25) is 0 Å². The lowest BCUT2D eigenvalue weighted by molar-refractivity contribution is 0.0898. The molecule has 2 atom stereocenters. The summed E-state index contributed by atoms with van der Waals surface area (Å²) in [5, 5.41) is 0. The zero-order chi connectivity index (χ0) is 12.3. The lowest BCUT2D eigenvalue weighted by atomic mass is 10.0. The summed E-state index contributed by atoms with van der Waals surface area (Å²) in [4.78, 5) is 4.17. The van der Waals surface area contributed by atoms with Crippen molar-refractivity contribution >= 4 is 0 Å². The molecule has 17 heavy (non-hydrogen) atoms. The van der Waals surface area contributed by atoms with E-state index >= 15 is 0 Å². The van der Waals surface area contributed by atoms with Gasteiger partial charge in [-0.2, -0.15) is 0 Å². The number of hydrogen-bond acceptors (Lipinski definition) is 4. The summed E-state index contributed by atoms with van der Waals surface area (Å²) in [6.07, 6.45) is 5.88. The van der Waals surface area contributed by atoms with Crippen LogP contribution in [0.3, 0.4) is 0 Å². The number of nitrogens with zero attached hydrogens (tertiary/aromatic N) is 1. The summed E-state index contributed by atoms with van der Waals surface area (Å²) in [5.41, 5.74) is 7.16. The molecule has 0 amide bonds. The second-order valence-electron chi connectivity index (χ2n) is 4.70. The Balaban J connectivity index is 2.09. The lowest BCUT2D eigenvalue weighted by Gasteiger charge is -2.19. The number of pyridine rings is 1. The zero-order valence-corrected chi connectivity index (χ0v) is 10.4. The fourth-order valence-electron chi connectivity index (χ4n) is 2.05. The molecule has 0 bridgehead atoms. The van der Waals surface area contributed by atoms with E-state index in [0.717, 1.165) is 30.8 Å². The van der Waals surface area contributed by atoms with Gasteiger partial charge in [0.1, 0.15) is 5.75 Å². The van der Waals surface area contributed by atoms with Crippen molar-refractivity contribution in [3.05, 3.63) is 24.0 Å². The molecule has 2 rings (SSSR count). The van der Waals surface area contributed by atoms with Crippen molar-refractivity contribution in [3.63, 3.8) is 0 Å². The molecule has 0 radical (unpaired) electrons.